The van der Waals surface area contributed by atoms with Gasteiger partial charge in [0.2, 0.25) is 0 Å². The Morgan fingerprint density at radius 3 is 2.96 bits per heavy atom. The topological polar surface area (TPSA) is 106 Å². The SMILES string of the molecule is O=P(=O)OO.[2H]C([2H])([2H])Oc1ccc2c3c1O[C@H]1[C@@H](O)CC[C@H]4[C@H](C2)N(C([2H])([2H])[2H])CC[C@@]341.[HH]. The number of aliphatic hydroxyl groups excluding tert-OH is 1. The zero-order valence-electron chi connectivity index (χ0n) is 20.3. The zero-order valence-corrected chi connectivity index (χ0v) is 15.2. The van der Waals surface area contributed by atoms with Crippen molar-refractivity contribution in [3.05, 3.63) is 23.3 Å². The Morgan fingerprint density at radius 2 is 2.26 bits per heavy atom. The van der Waals surface area contributed by atoms with Crippen molar-refractivity contribution in [3.63, 3.8) is 0 Å². The lowest BCUT2D eigenvalue weighted by Crippen LogP contribution is -2.66. The number of benzene rings is 1. The van der Waals surface area contributed by atoms with Crippen LogP contribution in [0.1, 0.15) is 40.0 Å². The summed E-state index contributed by atoms with van der Waals surface area (Å²) in [4.78, 5) is 1.63. The molecule has 5 rings (SSSR count). The second-order valence-corrected chi connectivity index (χ2v) is 7.99. The normalized spacial score (nSPS) is 39.6. The van der Waals surface area contributed by atoms with Gasteiger partial charge in [-0.2, -0.15) is 0 Å². The summed E-state index contributed by atoms with van der Waals surface area (Å²) in [6, 6.07) is 3.28. The van der Waals surface area contributed by atoms with Crippen molar-refractivity contribution in [2.24, 2.45) is 5.92 Å². The largest absolute Gasteiger partial charge is 0.496 e. The minimum atomic E-state index is -3.04. The van der Waals surface area contributed by atoms with Crippen LogP contribution < -0.4 is 9.47 Å². The van der Waals surface area contributed by atoms with Crippen molar-refractivity contribution >= 4 is 7.91 Å². The van der Waals surface area contributed by atoms with Crippen LogP contribution in [0.2, 0.25) is 0 Å². The van der Waals surface area contributed by atoms with Gasteiger partial charge in [0.15, 0.2) is 11.5 Å². The van der Waals surface area contributed by atoms with Crippen molar-refractivity contribution in [2.75, 3.05) is 20.6 Å². The smallest absolute Gasteiger partial charge is 0.493 e. The van der Waals surface area contributed by atoms with E-state index in [1.54, 1.807) is 11.0 Å². The summed E-state index contributed by atoms with van der Waals surface area (Å²) >= 11 is 0. The van der Waals surface area contributed by atoms with Gasteiger partial charge < -0.3 is 19.5 Å². The van der Waals surface area contributed by atoms with Crippen LogP contribution in [-0.2, 0) is 25.6 Å². The van der Waals surface area contributed by atoms with Crippen molar-refractivity contribution in [1.29, 1.82) is 0 Å². The van der Waals surface area contributed by atoms with Gasteiger partial charge in [0.25, 0.3) is 0 Å². The Bertz CT molecular complexity index is 994. The number of methoxy groups -OCH3 is 1. The third kappa shape index (κ3) is 2.66. The second-order valence-electron chi connectivity index (χ2n) is 7.38. The molecule has 0 amide bonds. The van der Waals surface area contributed by atoms with Crippen molar-refractivity contribution < 1.29 is 43.3 Å². The van der Waals surface area contributed by atoms with Crippen molar-refractivity contribution in [3.8, 4) is 11.5 Å². The quantitative estimate of drug-likeness (QED) is 0.439. The Morgan fingerprint density at radius 1 is 1.44 bits per heavy atom. The van der Waals surface area contributed by atoms with Crippen molar-refractivity contribution in [1.82, 2.24) is 4.90 Å². The monoisotopic (exact) mass is 405 g/mol. The highest BCUT2D eigenvalue weighted by atomic mass is 31.1. The highest BCUT2D eigenvalue weighted by Gasteiger charge is 2.65. The number of rotatable bonds is 2. The summed E-state index contributed by atoms with van der Waals surface area (Å²) in [5.74, 6) is 0.641. The molecule has 2 heterocycles. The fourth-order valence-corrected chi connectivity index (χ4v) is 5.59. The third-order valence-corrected chi connectivity index (χ3v) is 6.58. The van der Waals surface area contributed by atoms with E-state index in [4.69, 9.17) is 32.1 Å². The summed E-state index contributed by atoms with van der Waals surface area (Å²) < 4.78 is 78.2. The van der Waals surface area contributed by atoms with Crippen LogP contribution in [-0.4, -0.2) is 54.1 Å². The number of aliphatic hydroxyl groups is 1. The Labute approximate surface area is 167 Å². The molecule has 1 saturated heterocycles. The molecule has 1 aromatic carbocycles. The average Bonchev–Trinajstić information content (AvgIpc) is 3.04. The summed E-state index contributed by atoms with van der Waals surface area (Å²) in [7, 11) is -5.64. The first-order valence-corrected chi connectivity index (χ1v) is 9.82. The molecule has 0 radical (unpaired) electrons. The second kappa shape index (κ2) is 6.87. The van der Waals surface area contributed by atoms with E-state index in [1.807, 2.05) is 6.07 Å². The molecule has 8 nitrogen and oxygen atoms in total. The molecule has 2 bridgehead atoms. The van der Waals surface area contributed by atoms with Gasteiger partial charge in [-0.25, -0.2) is 14.4 Å². The molecule has 2 fully saturated rings. The summed E-state index contributed by atoms with van der Waals surface area (Å²) in [5, 5.41) is 17.8. The summed E-state index contributed by atoms with van der Waals surface area (Å²) in [5.41, 5.74) is 1.42. The van der Waals surface area contributed by atoms with Crippen LogP contribution in [0, 0.1) is 5.92 Å². The summed E-state index contributed by atoms with van der Waals surface area (Å²) in [6.45, 7) is -1.77. The van der Waals surface area contributed by atoms with Crippen LogP contribution in [0.4, 0.5) is 0 Å². The van der Waals surface area contributed by atoms with E-state index >= 15 is 0 Å². The molecule has 1 saturated carbocycles. The Kier molecular flexibility index (Phi) is 3.28. The number of likely N-dealkylation sites (N-methyl/N-ethyl adjacent to an activating group) is 1. The third-order valence-electron chi connectivity index (χ3n) is 6.45. The Hall–Kier alpha value is -1.44. The van der Waals surface area contributed by atoms with Gasteiger partial charge >= 0.3 is 7.91 Å². The Balaban J connectivity index is 0.000000492. The number of ether oxygens (including phenoxy) is 2. The predicted octanol–water partition coefficient (Wildman–Crippen LogP) is 2.54. The highest BCUT2D eigenvalue weighted by Crippen LogP contribution is 2.63. The van der Waals surface area contributed by atoms with Gasteiger partial charge in [-0.15, -0.1) is 4.67 Å². The van der Waals surface area contributed by atoms with E-state index in [0.717, 1.165) is 17.5 Å². The number of piperidine rings is 1. The van der Waals surface area contributed by atoms with E-state index in [1.165, 1.54) is 0 Å². The molecule has 2 aliphatic heterocycles. The molecule has 1 aromatic rings. The predicted molar refractivity (Wildman–Crippen MR) is 96.7 cm³/mol. The lowest BCUT2D eigenvalue weighted by atomic mass is 9.51. The molecular formula is C18H26NO7P. The van der Waals surface area contributed by atoms with E-state index < -0.39 is 39.5 Å². The fraction of sp³-hybridized carbons (Fsp3) is 0.667. The number of likely N-dealkylation sites (tertiary alicyclic amines) is 1. The molecule has 2 aliphatic carbocycles. The van der Waals surface area contributed by atoms with E-state index in [9.17, 15) is 5.11 Å². The van der Waals surface area contributed by atoms with Gasteiger partial charge in [0, 0.05) is 22.6 Å². The summed E-state index contributed by atoms with van der Waals surface area (Å²) in [6.07, 6.45) is 1.24. The van der Waals surface area contributed by atoms with Gasteiger partial charge in [-0.05, 0) is 56.8 Å². The maximum atomic E-state index is 10.7. The van der Waals surface area contributed by atoms with Crippen LogP contribution in [0.5, 0.6) is 11.5 Å². The molecule has 150 valence electrons. The van der Waals surface area contributed by atoms with Gasteiger partial charge in [0.05, 0.1) is 17.3 Å². The first kappa shape index (κ1) is 12.9. The van der Waals surface area contributed by atoms with Crippen LogP contribution >= 0.6 is 7.91 Å². The van der Waals surface area contributed by atoms with Gasteiger partial charge in [-0.3, -0.25) is 0 Å². The van der Waals surface area contributed by atoms with Crippen molar-refractivity contribution in [2.45, 2.75) is 49.3 Å². The number of nitrogens with zero attached hydrogens (tertiary/aromatic N) is 1. The molecule has 27 heavy (non-hydrogen) atoms. The molecule has 0 aromatic heterocycles. The lowest BCUT2D eigenvalue weighted by molar-refractivity contribution is -0.132. The number of hydrogen-bond acceptors (Lipinski definition) is 8. The molecule has 5 atom stereocenters. The first-order valence-electron chi connectivity index (χ1n) is 11.7. The molecule has 2 N–H and O–H groups in total. The van der Waals surface area contributed by atoms with Crippen LogP contribution in [0.15, 0.2) is 12.1 Å². The lowest BCUT2D eigenvalue weighted by Gasteiger charge is -2.58. The molecule has 4 aliphatic rings. The molecule has 0 unspecified atom stereocenters. The molecule has 9 heteroatoms. The standard InChI is InChI=1S/C18H23NO3.HO4P.H2/c1-19-8-7-18-11-4-5-13(20)17(18)22-16-14(21-2)6-3-10(15(16)18)9-12(11)19;1-4-5(2)3;/h3,6,11-13,17,20H,4-5,7-9H2,1-2H3;1H;1H/t11-,12-,13-,17-,18-;;/m0../s1/i1D3,2D3;;. The fourth-order valence-electron chi connectivity index (χ4n) is 5.59. The van der Waals surface area contributed by atoms with Gasteiger partial charge in [0.1, 0.15) is 6.10 Å². The maximum absolute atomic E-state index is 10.7. The van der Waals surface area contributed by atoms with E-state index in [2.05, 4.69) is 4.67 Å². The minimum Gasteiger partial charge on any atom is -0.493 e. The highest BCUT2D eigenvalue weighted by molar-refractivity contribution is 7.24. The molecule has 1 spiro atoms. The van der Waals surface area contributed by atoms with E-state index in [-0.39, 0.29) is 19.1 Å². The number of hydrogen-bond donors (Lipinski definition) is 2. The maximum Gasteiger partial charge on any atom is 0.496 e. The van der Waals surface area contributed by atoms with Crippen LogP contribution in [0.3, 0.4) is 0 Å². The van der Waals surface area contributed by atoms with Gasteiger partial charge in [-0.1, -0.05) is 6.07 Å². The zero-order chi connectivity index (χ0) is 24.3. The molecular weight excluding hydrogens is 373 g/mol. The van der Waals surface area contributed by atoms with Crippen LogP contribution in [0.25, 0.3) is 0 Å². The first-order chi connectivity index (χ1) is 15.3. The van der Waals surface area contributed by atoms with E-state index in [0.29, 0.717) is 31.6 Å². The minimum absolute atomic E-state index is 0. The average molecular weight is 405 g/mol.